The van der Waals surface area contributed by atoms with Crippen LogP contribution in [0.1, 0.15) is 13.8 Å². The van der Waals surface area contributed by atoms with Crippen LogP contribution in [-0.2, 0) is 14.3 Å². The Kier molecular flexibility index (Phi) is 8.95. The fraction of sp³-hybridized carbons (Fsp3) is 0.818. The van der Waals surface area contributed by atoms with Gasteiger partial charge in [-0.25, -0.2) is 9.59 Å². The highest BCUT2D eigenvalue weighted by molar-refractivity contribution is 5.74. The number of carbonyl (C=O) groups is 2. The molecule has 0 saturated heterocycles. The Labute approximate surface area is 107 Å². The maximum Gasteiger partial charge on any atom is 0.329 e. The van der Waals surface area contributed by atoms with Crippen LogP contribution < -0.4 is 5.32 Å². The molecule has 18 heavy (non-hydrogen) atoms. The van der Waals surface area contributed by atoms with Crippen molar-refractivity contribution in [2.75, 3.05) is 40.0 Å². The lowest BCUT2D eigenvalue weighted by atomic mass is 10.3. The van der Waals surface area contributed by atoms with Gasteiger partial charge in [0.05, 0.1) is 19.3 Å². The first-order valence-electron chi connectivity index (χ1n) is 5.85. The monoisotopic (exact) mass is 262 g/mol. The van der Waals surface area contributed by atoms with Crippen LogP contribution in [0, 0.1) is 0 Å². The number of carboxylic acid groups (broad SMARTS) is 1. The second-order valence-corrected chi connectivity index (χ2v) is 3.77. The number of methoxy groups -OCH3 is 1. The zero-order valence-electron chi connectivity index (χ0n) is 11.1. The van der Waals surface area contributed by atoms with Crippen molar-refractivity contribution in [1.82, 2.24) is 10.2 Å². The van der Waals surface area contributed by atoms with Crippen LogP contribution in [0.2, 0.25) is 0 Å². The number of ether oxygens (including phenoxy) is 2. The Bertz CT molecular complexity index is 260. The van der Waals surface area contributed by atoms with Gasteiger partial charge in [-0.3, -0.25) is 0 Å². The summed E-state index contributed by atoms with van der Waals surface area (Å²) in [5.74, 6) is -1.02. The summed E-state index contributed by atoms with van der Waals surface area (Å²) in [5, 5.41) is 11.0. The van der Waals surface area contributed by atoms with E-state index in [-0.39, 0.29) is 31.8 Å². The molecule has 0 aliphatic heterocycles. The van der Waals surface area contributed by atoms with Crippen molar-refractivity contribution >= 4 is 12.0 Å². The lowest BCUT2D eigenvalue weighted by Crippen LogP contribution is -2.47. The highest BCUT2D eigenvalue weighted by Gasteiger charge is 2.17. The number of amides is 2. The maximum absolute atomic E-state index is 11.8. The summed E-state index contributed by atoms with van der Waals surface area (Å²) in [6, 6.07) is -0.221. The average molecular weight is 262 g/mol. The quantitative estimate of drug-likeness (QED) is 0.578. The Morgan fingerprint density at radius 3 is 2.61 bits per heavy atom. The summed E-state index contributed by atoms with van der Waals surface area (Å²) >= 11 is 0. The molecule has 0 aromatic rings. The first-order valence-corrected chi connectivity index (χ1v) is 5.85. The van der Waals surface area contributed by atoms with E-state index in [1.165, 1.54) is 0 Å². The van der Waals surface area contributed by atoms with Gasteiger partial charge in [-0.15, -0.1) is 0 Å². The van der Waals surface area contributed by atoms with Crippen LogP contribution in [0.3, 0.4) is 0 Å². The van der Waals surface area contributed by atoms with E-state index >= 15 is 0 Å². The standard InChI is InChI=1S/C11H22N2O5/c1-4-13(9(2)7-17-3)11(16)12-5-6-18-8-10(14)15/h9H,4-8H2,1-3H3,(H,12,16)(H,14,15). The maximum atomic E-state index is 11.8. The van der Waals surface area contributed by atoms with Crippen LogP contribution in [0.4, 0.5) is 4.79 Å². The van der Waals surface area contributed by atoms with Crippen molar-refractivity contribution in [2.24, 2.45) is 0 Å². The lowest BCUT2D eigenvalue weighted by Gasteiger charge is -2.27. The van der Waals surface area contributed by atoms with Gasteiger partial charge >= 0.3 is 12.0 Å². The number of carboxylic acids is 1. The second kappa shape index (κ2) is 9.67. The minimum atomic E-state index is -1.02. The molecular weight excluding hydrogens is 240 g/mol. The summed E-state index contributed by atoms with van der Waals surface area (Å²) in [5.41, 5.74) is 0. The van der Waals surface area contributed by atoms with Crippen LogP contribution in [0.15, 0.2) is 0 Å². The molecule has 2 N–H and O–H groups in total. The van der Waals surface area contributed by atoms with Crippen molar-refractivity contribution in [3.05, 3.63) is 0 Å². The Balaban J connectivity index is 3.87. The van der Waals surface area contributed by atoms with Crippen molar-refractivity contribution in [3.63, 3.8) is 0 Å². The van der Waals surface area contributed by atoms with Gasteiger partial charge in [0.2, 0.25) is 0 Å². The van der Waals surface area contributed by atoms with Gasteiger partial charge in [0.1, 0.15) is 6.61 Å². The number of aliphatic carboxylic acids is 1. The molecule has 2 amide bonds. The number of carbonyl (C=O) groups excluding carboxylic acids is 1. The number of nitrogens with zero attached hydrogens (tertiary/aromatic N) is 1. The Morgan fingerprint density at radius 1 is 1.44 bits per heavy atom. The molecule has 0 bridgehead atoms. The molecule has 0 radical (unpaired) electrons. The molecule has 7 heteroatoms. The third-order valence-electron chi connectivity index (χ3n) is 2.29. The summed E-state index contributed by atoms with van der Waals surface area (Å²) in [4.78, 5) is 23.6. The number of nitrogens with one attached hydrogen (secondary N) is 1. The van der Waals surface area contributed by atoms with E-state index in [4.69, 9.17) is 14.6 Å². The predicted octanol–water partition coefficient (Wildman–Crippen LogP) is 0.154. The number of urea groups is 1. The molecule has 0 fully saturated rings. The number of likely N-dealkylation sites (N-methyl/N-ethyl adjacent to an activating group) is 1. The fourth-order valence-electron chi connectivity index (χ4n) is 1.48. The van der Waals surface area contributed by atoms with Gasteiger partial charge in [-0.05, 0) is 13.8 Å². The molecule has 0 aliphatic carbocycles. The van der Waals surface area contributed by atoms with E-state index < -0.39 is 5.97 Å². The van der Waals surface area contributed by atoms with E-state index in [2.05, 4.69) is 5.32 Å². The molecule has 106 valence electrons. The summed E-state index contributed by atoms with van der Waals surface area (Å²) in [6.45, 7) is 4.92. The van der Waals surface area contributed by atoms with E-state index in [0.29, 0.717) is 13.2 Å². The van der Waals surface area contributed by atoms with E-state index in [9.17, 15) is 9.59 Å². The topological polar surface area (TPSA) is 88.1 Å². The second-order valence-electron chi connectivity index (χ2n) is 3.77. The molecule has 0 aromatic heterocycles. The van der Waals surface area contributed by atoms with Gasteiger partial charge in [0.25, 0.3) is 0 Å². The van der Waals surface area contributed by atoms with Crippen molar-refractivity contribution in [2.45, 2.75) is 19.9 Å². The average Bonchev–Trinajstić information content (AvgIpc) is 2.29. The summed E-state index contributed by atoms with van der Waals surface area (Å²) < 4.78 is 9.80. The van der Waals surface area contributed by atoms with E-state index in [1.54, 1.807) is 12.0 Å². The molecule has 0 aromatic carbocycles. The van der Waals surface area contributed by atoms with E-state index in [0.717, 1.165) is 0 Å². The molecule has 0 heterocycles. The van der Waals surface area contributed by atoms with Crippen LogP contribution in [0.5, 0.6) is 0 Å². The molecule has 0 saturated carbocycles. The van der Waals surface area contributed by atoms with Gasteiger partial charge in [-0.1, -0.05) is 0 Å². The number of hydrogen-bond donors (Lipinski definition) is 2. The zero-order valence-corrected chi connectivity index (χ0v) is 11.1. The van der Waals surface area contributed by atoms with Crippen molar-refractivity contribution in [1.29, 1.82) is 0 Å². The lowest BCUT2D eigenvalue weighted by molar-refractivity contribution is -0.142. The first-order chi connectivity index (χ1) is 8.52. The largest absolute Gasteiger partial charge is 0.480 e. The predicted molar refractivity (Wildman–Crippen MR) is 65.6 cm³/mol. The fourth-order valence-corrected chi connectivity index (χ4v) is 1.48. The molecule has 1 atom stereocenters. The first kappa shape index (κ1) is 16.7. The van der Waals surface area contributed by atoms with E-state index in [1.807, 2.05) is 13.8 Å². The highest BCUT2D eigenvalue weighted by atomic mass is 16.5. The molecule has 7 nitrogen and oxygen atoms in total. The van der Waals surface area contributed by atoms with Crippen LogP contribution >= 0.6 is 0 Å². The minimum Gasteiger partial charge on any atom is -0.480 e. The molecule has 1 unspecified atom stereocenters. The SMILES string of the molecule is CCN(C(=O)NCCOCC(=O)O)C(C)COC. The third kappa shape index (κ3) is 7.08. The van der Waals surface area contributed by atoms with Gasteiger partial charge in [-0.2, -0.15) is 0 Å². The molecular formula is C11H22N2O5. The highest BCUT2D eigenvalue weighted by Crippen LogP contribution is 1.99. The Morgan fingerprint density at radius 2 is 2.11 bits per heavy atom. The van der Waals surface area contributed by atoms with Crippen LogP contribution in [0.25, 0.3) is 0 Å². The van der Waals surface area contributed by atoms with Gasteiger partial charge < -0.3 is 24.8 Å². The van der Waals surface area contributed by atoms with Crippen LogP contribution in [-0.4, -0.2) is 68.1 Å². The minimum absolute atomic E-state index is 0.0139. The molecule has 0 spiro atoms. The van der Waals surface area contributed by atoms with Crippen molar-refractivity contribution < 1.29 is 24.2 Å². The summed E-state index contributed by atoms with van der Waals surface area (Å²) in [6.07, 6.45) is 0. The van der Waals surface area contributed by atoms with Crippen molar-refractivity contribution in [3.8, 4) is 0 Å². The number of rotatable bonds is 9. The third-order valence-corrected chi connectivity index (χ3v) is 2.29. The molecule has 0 rings (SSSR count). The smallest absolute Gasteiger partial charge is 0.329 e. The summed E-state index contributed by atoms with van der Waals surface area (Å²) in [7, 11) is 1.59. The van der Waals surface area contributed by atoms with Gasteiger partial charge in [0, 0.05) is 20.2 Å². The van der Waals surface area contributed by atoms with Gasteiger partial charge in [0.15, 0.2) is 0 Å². The number of hydrogen-bond acceptors (Lipinski definition) is 4. The Hall–Kier alpha value is -1.34. The molecule has 0 aliphatic rings. The normalized spacial score (nSPS) is 11.9. The zero-order chi connectivity index (χ0) is 14.0.